The van der Waals surface area contributed by atoms with Gasteiger partial charge in [-0.2, -0.15) is 4.98 Å². The minimum absolute atomic E-state index is 0.193. The van der Waals surface area contributed by atoms with Gasteiger partial charge in [0.1, 0.15) is 30.3 Å². The summed E-state index contributed by atoms with van der Waals surface area (Å²) in [6, 6.07) is 14.8. The zero-order valence-corrected chi connectivity index (χ0v) is 43.0. The van der Waals surface area contributed by atoms with Crippen molar-refractivity contribution in [3.63, 3.8) is 0 Å². The number of methoxy groups -OCH3 is 1. The summed E-state index contributed by atoms with van der Waals surface area (Å²) in [7, 11) is -1.06. The van der Waals surface area contributed by atoms with E-state index in [1.807, 2.05) is 12.1 Å². The lowest BCUT2D eigenvalue weighted by atomic mass is 9.92. The van der Waals surface area contributed by atoms with Gasteiger partial charge in [0.2, 0.25) is 17.8 Å². The summed E-state index contributed by atoms with van der Waals surface area (Å²) >= 11 is 3.61. The van der Waals surface area contributed by atoms with Crippen molar-refractivity contribution in [2.24, 2.45) is 5.92 Å². The molecule has 9 rings (SSSR count). The van der Waals surface area contributed by atoms with Crippen LogP contribution in [0.4, 0.5) is 40.2 Å². The average Bonchev–Trinajstić information content (AvgIpc) is 3.35. The lowest BCUT2D eigenvalue weighted by molar-refractivity contribution is -0.133. The van der Waals surface area contributed by atoms with E-state index < -0.39 is 7.14 Å². The number of aromatic nitrogens is 4. The molecular formula is C51H66BrN12O4P. The topological polar surface area (TPSA) is 173 Å². The fourth-order valence-electron chi connectivity index (χ4n) is 10.6. The number of piperazine rings is 1. The fraction of sp³-hybridized carbons (Fsp3) is 0.490. The summed E-state index contributed by atoms with van der Waals surface area (Å²) in [6.07, 6.45) is 12.7. The molecule has 0 spiro atoms. The van der Waals surface area contributed by atoms with Crippen LogP contribution in [-0.4, -0.2) is 133 Å². The van der Waals surface area contributed by atoms with Crippen LogP contribution in [-0.2, 0) is 20.6 Å². The summed E-state index contributed by atoms with van der Waals surface area (Å²) in [5.74, 6) is 1.96. The molecule has 1 unspecified atom stereocenters. The Hall–Kier alpha value is -5.35. The molecule has 0 aliphatic carbocycles. The van der Waals surface area contributed by atoms with Crippen molar-refractivity contribution in [2.75, 3.05) is 105 Å². The van der Waals surface area contributed by atoms with E-state index in [-0.39, 0.29) is 17.9 Å². The molecule has 18 heteroatoms. The molecule has 366 valence electrons. The minimum atomic E-state index is -2.77. The number of rotatable bonds is 15. The molecule has 4 fully saturated rings. The quantitative estimate of drug-likeness (QED) is 0.0589. The molecule has 4 N–H and O–H groups in total. The van der Waals surface area contributed by atoms with Gasteiger partial charge < -0.3 is 40.0 Å². The second-order valence-corrected chi connectivity index (χ2v) is 23.4. The SMILES string of the molecule is CCc1cc(Nc2ncc(Br)c(Nc3ccc4nccnc4c3P(C)(C)=O)n2)c(OC)cc1N1CCC(N2CCN(CCC3CCN(c4ccc(NC5CCC(=O)NC5=O)c(C)c4)CC3)CC2)CC1. The summed E-state index contributed by atoms with van der Waals surface area (Å²) in [5.41, 5.74) is 8.50. The standard InChI is InChI=1S/C51H66BrN12O4P/c1-6-35-30-43(58-51-55-32-38(52)49(60-51)57-41-10-9-40-47(54-19-18-53-40)48(41)69(4,5)67)45(68-3)31-44(35)64-23-16-36(17-24-64)63-27-25-61(26-28-63)20-13-34-14-21-62(22-15-34)37-7-8-39(33(2)29-37)56-42-11-12-46(65)59-50(42)66/h7-10,18-19,29-32,34,36,42,56H,6,11-17,20-28H2,1-5H3,(H,59,65,66)(H2,55,57,58,60). The predicted molar refractivity (Wildman–Crippen MR) is 281 cm³/mol. The molecule has 5 aromatic rings. The van der Waals surface area contributed by atoms with Crippen LogP contribution < -0.4 is 41.1 Å². The molecule has 2 aromatic heterocycles. The van der Waals surface area contributed by atoms with Crippen molar-refractivity contribution in [2.45, 2.75) is 77.3 Å². The number of anilines is 7. The van der Waals surface area contributed by atoms with Gasteiger partial charge in [0.05, 0.1) is 33.8 Å². The highest BCUT2D eigenvalue weighted by atomic mass is 79.9. The van der Waals surface area contributed by atoms with Gasteiger partial charge in [0.25, 0.3) is 0 Å². The summed E-state index contributed by atoms with van der Waals surface area (Å²) in [4.78, 5) is 52.7. The number of hydrogen-bond donors (Lipinski definition) is 4. The second-order valence-electron chi connectivity index (χ2n) is 19.4. The maximum atomic E-state index is 13.6. The van der Waals surface area contributed by atoms with Gasteiger partial charge in [-0.25, -0.2) is 4.98 Å². The van der Waals surface area contributed by atoms with Crippen LogP contribution in [0.1, 0.15) is 63.0 Å². The molecule has 3 aromatic carbocycles. The van der Waals surface area contributed by atoms with E-state index in [0.29, 0.717) is 57.1 Å². The molecule has 1 atom stereocenters. The highest BCUT2D eigenvalue weighted by Crippen LogP contribution is 2.42. The zero-order valence-electron chi connectivity index (χ0n) is 40.6. The van der Waals surface area contributed by atoms with Crippen LogP contribution in [0.3, 0.4) is 0 Å². The monoisotopic (exact) mass is 1020 g/mol. The summed E-state index contributed by atoms with van der Waals surface area (Å²) in [6.45, 7) is 17.6. The number of carbonyl (C=O) groups excluding carboxylic acids is 2. The van der Waals surface area contributed by atoms with Gasteiger partial charge in [-0.3, -0.25) is 29.8 Å². The Morgan fingerprint density at radius 1 is 0.841 bits per heavy atom. The maximum absolute atomic E-state index is 13.6. The number of amides is 2. The first-order valence-electron chi connectivity index (χ1n) is 24.6. The smallest absolute Gasteiger partial charge is 0.249 e. The Bertz CT molecular complexity index is 2710. The number of imide groups is 1. The van der Waals surface area contributed by atoms with E-state index in [2.05, 4.69) is 116 Å². The third-order valence-corrected chi connectivity index (χ3v) is 16.6. The number of halogens is 1. The first-order chi connectivity index (χ1) is 33.3. The number of ether oxygens (including phenoxy) is 1. The van der Waals surface area contributed by atoms with E-state index in [4.69, 9.17) is 9.72 Å². The molecule has 4 saturated heterocycles. The first-order valence-corrected chi connectivity index (χ1v) is 28.0. The summed E-state index contributed by atoms with van der Waals surface area (Å²) < 4.78 is 20.2. The number of benzene rings is 3. The lowest BCUT2D eigenvalue weighted by Crippen LogP contribution is -2.53. The number of aryl methyl sites for hydroxylation is 2. The molecule has 0 radical (unpaired) electrons. The van der Waals surface area contributed by atoms with Gasteiger partial charge >= 0.3 is 0 Å². The number of fused-ring (bicyclic) bond motifs is 1. The van der Waals surface area contributed by atoms with Crippen molar-refractivity contribution in [1.29, 1.82) is 0 Å². The van der Waals surface area contributed by atoms with Crippen molar-refractivity contribution in [3.8, 4) is 5.75 Å². The Morgan fingerprint density at radius 3 is 2.29 bits per heavy atom. The molecule has 0 bridgehead atoms. The second kappa shape index (κ2) is 21.3. The Kier molecular flexibility index (Phi) is 15.0. The Balaban J connectivity index is 0.739. The van der Waals surface area contributed by atoms with E-state index in [0.717, 1.165) is 100 Å². The van der Waals surface area contributed by atoms with Crippen molar-refractivity contribution in [3.05, 3.63) is 76.7 Å². The number of carbonyl (C=O) groups is 2. The molecular weight excluding hydrogens is 956 g/mol. The van der Waals surface area contributed by atoms with Crippen molar-refractivity contribution in [1.82, 2.24) is 35.1 Å². The number of nitrogens with zero attached hydrogens (tertiary/aromatic N) is 8. The normalized spacial score (nSPS) is 19.2. The van der Waals surface area contributed by atoms with Crippen LogP contribution in [0, 0.1) is 12.8 Å². The predicted octanol–water partition coefficient (Wildman–Crippen LogP) is 7.91. The molecule has 16 nitrogen and oxygen atoms in total. The summed E-state index contributed by atoms with van der Waals surface area (Å²) in [5, 5.41) is 13.2. The maximum Gasteiger partial charge on any atom is 0.249 e. The third kappa shape index (κ3) is 11.3. The van der Waals surface area contributed by atoms with Gasteiger partial charge in [-0.1, -0.05) is 6.92 Å². The molecule has 6 heterocycles. The van der Waals surface area contributed by atoms with E-state index in [1.54, 1.807) is 39.0 Å². The molecule has 0 saturated carbocycles. The number of nitrogens with one attached hydrogen (secondary N) is 4. The Morgan fingerprint density at radius 2 is 1.58 bits per heavy atom. The fourth-order valence-corrected chi connectivity index (χ4v) is 12.3. The van der Waals surface area contributed by atoms with Crippen LogP contribution in [0.15, 0.2) is 65.5 Å². The van der Waals surface area contributed by atoms with Crippen molar-refractivity contribution < 1.29 is 18.9 Å². The van der Waals surface area contributed by atoms with Gasteiger partial charge in [-0.05, 0) is 141 Å². The highest BCUT2D eigenvalue weighted by Gasteiger charge is 2.31. The van der Waals surface area contributed by atoms with Crippen molar-refractivity contribution >= 4 is 91.4 Å². The van der Waals surface area contributed by atoms with Crippen LogP contribution in [0.2, 0.25) is 0 Å². The minimum Gasteiger partial charge on any atom is -0.494 e. The molecule has 69 heavy (non-hydrogen) atoms. The Labute approximate surface area is 414 Å². The third-order valence-electron chi connectivity index (χ3n) is 14.5. The first kappa shape index (κ1) is 48.7. The van der Waals surface area contributed by atoms with Gasteiger partial charge in [0.15, 0.2) is 0 Å². The zero-order chi connectivity index (χ0) is 48.2. The highest BCUT2D eigenvalue weighted by molar-refractivity contribution is 9.10. The van der Waals surface area contributed by atoms with Crippen LogP contribution in [0.25, 0.3) is 11.0 Å². The van der Waals surface area contributed by atoms with Gasteiger partial charge in [-0.15, -0.1) is 0 Å². The molecule has 2 amide bonds. The molecule has 4 aliphatic rings. The largest absolute Gasteiger partial charge is 0.494 e. The van der Waals surface area contributed by atoms with Crippen LogP contribution >= 0.6 is 23.1 Å². The average molecular weight is 1020 g/mol. The van der Waals surface area contributed by atoms with Gasteiger partial charge in [0, 0.05) is 107 Å². The lowest BCUT2D eigenvalue weighted by Gasteiger charge is -2.44. The van der Waals surface area contributed by atoms with E-state index in [1.165, 1.54) is 42.7 Å². The van der Waals surface area contributed by atoms with Crippen LogP contribution in [0.5, 0.6) is 5.75 Å². The van der Waals surface area contributed by atoms with E-state index in [9.17, 15) is 14.2 Å². The number of hydrogen-bond acceptors (Lipinski definition) is 15. The van der Waals surface area contributed by atoms with E-state index >= 15 is 0 Å². The molecule has 4 aliphatic heterocycles. The number of piperidine rings is 3.